The second kappa shape index (κ2) is 14.6. The fraction of sp³-hybridized carbons (Fsp3) is 0.488. The third kappa shape index (κ3) is 7.09. The molecular weight excluding hydrogens is 612 g/mol. The molecule has 0 unspecified atom stereocenters. The number of piperidine rings is 1. The number of carbonyl (C=O) groups excluding carboxylic acids is 3. The molecule has 0 aromatic heterocycles. The number of imide groups is 1. The number of aliphatic hydroxyl groups excluding tert-OH is 1. The molecule has 4 atom stereocenters. The first kappa shape index (κ1) is 33.6. The Morgan fingerprint density at radius 1 is 0.796 bits per heavy atom. The first-order valence-electron chi connectivity index (χ1n) is 18.3. The Balaban J connectivity index is 1.27. The lowest BCUT2D eigenvalue weighted by atomic mass is 9.67. The number of aliphatic hydroxyl groups is 1. The summed E-state index contributed by atoms with van der Waals surface area (Å²) < 4.78 is 0. The zero-order valence-corrected chi connectivity index (χ0v) is 28.4. The molecule has 4 fully saturated rings. The van der Waals surface area contributed by atoms with E-state index in [9.17, 15) is 14.7 Å². The Bertz CT molecular complexity index is 1490. The number of nitrogens with zero attached hydrogens (tertiary/aromatic N) is 2. The zero-order chi connectivity index (χ0) is 33.8. The number of nitrogens with one attached hydrogen (secondary N) is 2. The quantitative estimate of drug-likeness (QED) is 0.204. The highest BCUT2D eigenvalue weighted by molar-refractivity contribution is 6.04. The molecule has 3 N–H and O–H groups in total. The minimum absolute atomic E-state index is 0.0507. The van der Waals surface area contributed by atoms with Crippen molar-refractivity contribution in [2.24, 2.45) is 11.8 Å². The van der Waals surface area contributed by atoms with Gasteiger partial charge in [0.2, 0.25) is 11.8 Å². The molecule has 4 aliphatic rings. The van der Waals surface area contributed by atoms with Crippen LogP contribution in [0.1, 0.15) is 74.5 Å². The monoisotopic (exact) mass is 662 g/mol. The van der Waals surface area contributed by atoms with Crippen molar-refractivity contribution >= 4 is 17.7 Å². The third-order valence-electron chi connectivity index (χ3n) is 11.5. The largest absolute Gasteiger partial charge is 0.391 e. The Morgan fingerprint density at radius 3 is 1.96 bits per heavy atom. The fourth-order valence-electron chi connectivity index (χ4n) is 8.94. The van der Waals surface area contributed by atoms with Gasteiger partial charge in [0.1, 0.15) is 5.54 Å². The van der Waals surface area contributed by atoms with Gasteiger partial charge in [-0.1, -0.05) is 91.0 Å². The van der Waals surface area contributed by atoms with Gasteiger partial charge in [-0.3, -0.25) is 19.7 Å². The predicted octanol–water partition coefficient (Wildman–Crippen LogP) is 4.65. The summed E-state index contributed by atoms with van der Waals surface area (Å²) in [6, 6.07) is 29.9. The molecule has 49 heavy (non-hydrogen) atoms. The first-order valence-corrected chi connectivity index (χ1v) is 18.3. The van der Waals surface area contributed by atoms with Gasteiger partial charge in [-0.25, -0.2) is 0 Å². The van der Waals surface area contributed by atoms with Gasteiger partial charge in [0.25, 0.3) is 5.91 Å². The maximum absolute atomic E-state index is 15.2. The van der Waals surface area contributed by atoms with Crippen LogP contribution in [0.25, 0.3) is 0 Å². The number of likely N-dealkylation sites (tertiary alicyclic amines) is 2. The summed E-state index contributed by atoms with van der Waals surface area (Å²) in [4.78, 5) is 47.4. The molecule has 3 amide bonds. The van der Waals surface area contributed by atoms with Crippen LogP contribution in [0.4, 0.5) is 0 Å². The summed E-state index contributed by atoms with van der Waals surface area (Å²) in [7, 11) is 0. The first-order chi connectivity index (χ1) is 23.9. The van der Waals surface area contributed by atoms with E-state index in [4.69, 9.17) is 0 Å². The van der Waals surface area contributed by atoms with Gasteiger partial charge in [0.05, 0.1) is 17.6 Å². The molecule has 3 saturated heterocycles. The van der Waals surface area contributed by atoms with Crippen LogP contribution in [0.5, 0.6) is 0 Å². The van der Waals surface area contributed by atoms with Gasteiger partial charge in [-0.15, -0.1) is 0 Å². The van der Waals surface area contributed by atoms with E-state index in [1.807, 2.05) is 54.6 Å². The lowest BCUT2D eigenvalue weighted by Crippen LogP contribution is -2.61. The molecule has 3 aromatic rings. The Hall–Kier alpha value is -3.85. The molecule has 0 spiro atoms. The summed E-state index contributed by atoms with van der Waals surface area (Å²) >= 11 is 0. The lowest BCUT2D eigenvalue weighted by Gasteiger charge is -2.43. The van der Waals surface area contributed by atoms with Crippen molar-refractivity contribution in [3.8, 4) is 0 Å². The minimum Gasteiger partial charge on any atom is -0.391 e. The van der Waals surface area contributed by atoms with E-state index in [0.29, 0.717) is 12.8 Å². The highest BCUT2D eigenvalue weighted by Crippen LogP contribution is 2.45. The molecule has 258 valence electrons. The van der Waals surface area contributed by atoms with Crippen molar-refractivity contribution in [2.75, 3.05) is 32.7 Å². The summed E-state index contributed by atoms with van der Waals surface area (Å²) in [6.45, 7) is 3.79. The molecule has 1 saturated carbocycles. The second-order valence-electron chi connectivity index (χ2n) is 15.0. The van der Waals surface area contributed by atoms with Crippen LogP contribution in [0.3, 0.4) is 0 Å². The van der Waals surface area contributed by atoms with E-state index in [1.54, 1.807) is 4.90 Å². The molecule has 8 heteroatoms. The normalized spacial score (nSPS) is 26.1. The van der Waals surface area contributed by atoms with Crippen molar-refractivity contribution in [2.45, 2.75) is 80.9 Å². The van der Waals surface area contributed by atoms with Gasteiger partial charge < -0.3 is 20.2 Å². The molecular formula is C41H50N4O4. The molecule has 3 aromatic carbocycles. The van der Waals surface area contributed by atoms with E-state index in [0.717, 1.165) is 68.0 Å². The van der Waals surface area contributed by atoms with Gasteiger partial charge in [-0.05, 0) is 86.6 Å². The number of rotatable bonds is 11. The topological polar surface area (TPSA) is 102 Å². The Morgan fingerprint density at radius 2 is 1.41 bits per heavy atom. The highest BCUT2D eigenvalue weighted by Gasteiger charge is 2.56. The summed E-state index contributed by atoms with van der Waals surface area (Å²) in [5.41, 5.74) is 0.725. The van der Waals surface area contributed by atoms with Crippen LogP contribution < -0.4 is 10.6 Å². The van der Waals surface area contributed by atoms with E-state index in [2.05, 4.69) is 51.9 Å². The fourth-order valence-corrected chi connectivity index (χ4v) is 8.94. The highest BCUT2D eigenvalue weighted by atomic mass is 16.3. The van der Waals surface area contributed by atoms with Gasteiger partial charge >= 0.3 is 0 Å². The second-order valence-corrected chi connectivity index (χ2v) is 15.0. The van der Waals surface area contributed by atoms with E-state index >= 15 is 4.79 Å². The molecule has 3 heterocycles. The van der Waals surface area contributed by atoms with Crippen LogP contribution in [0, 0.1) is 11.8 Å². The number of β-amino-alcohol motifs (C(OH)–C–C–N with tert-alkyl or cyclic N) is 1. The standard InChI is InChI=1S/C41H50N4O4/c46-35-25-40(39(49)43-38(48)36-19-10-22-42-36,24-31-12-11-23-44(28-31)27-30-20-21-30)45(29-35)37(47)26-41(32-13-4-1-5-14-32,33-15-6-2-7-16-33)34-17-8-3-9-18-34/h1-9,13-18,30-31,35-36,42,46H,10-12,19-29H2,(H,43,48,49)/t31-,35-,36-,40+/m1/s1. The van der Waals surface area contributed by atoms with Crippen molar-refractivity contribution in [1.82, 2.24) is 20.4 Å². The molecule has 0 bridgehead atoms. The molecule has 0 radical (unpaired) electrons. The van der Waals surface area contributed by atoms with Crippen LogP contribution in [-0.4, -0.2) is 83.0 Å². The van der Waals surface area contributed by atoms with E-state index in [-0.39, 0.29) is 37.1 Å². The number of hydrogen-bond donors (Lipinski definition) is 3. The van der Waals surface area contributed by atoms with Crippen LogP contribution in [0.15, 0.2) is 91.0 Å². The molecule has 8 nitrogen and oxygen atoms in total. The van der Waals surface area contributed by atoms with Crippen molar-refractivity contribution in [3.63, 3.8) is 0 Å². The lowest BCUT2D eigenvalue weighted by molar-refractivity contribution is -0.149. The molecule has 7 rings (SSSR count). The summed E-state index contributed by atoms with van der Waals surface area (Å²) in [5, 5.41) is 17.3. The van der Waals surface area contributed by atoms with Gasteiger partial charge in [-0.2, -0.15) is 0 Å². The Labute approximate surface area is 290 Å². The van der Waals surface area contributed by atoms with Crippen LogP contribution >= 0.6 is 0 Å². The maximum atomic E-state index is 15.2. The third-order valence-corrected chi connectivity index (χ3v) is 11.5. The minimum atomic E-state index is -1.34. The van der Waals surface area contributed by atoms with E-state index < -0.39 is 29.0 Å². The molecule has 1 aliphatic carbocycles. The van der Waals surface area contributed by atoms with Crippen LogP contribution in [0.2, 0.25) is 0 Å². The van der Waals surface area contributed by atoms with Crippen molar-refractivity contribution in [1.29, 1.82) is 0 Å². The average Bonchev–Trinajstić information content (AvgIpc) is 3.62. The van der Waals surface area contributed by atoms with Crippen LogP contribution in [-0.2, 0) is 19.8 Å². The van der Waals surface area contributed by atoms with Crippen molar-refractivity contribution < 1.29 is 19.5 Å². The maximum Gasteiger partial charge on any atom is 0.252 e. The smallest absolute Gasteiger partial charge is 0.252 e. The number of carbonyl (C=O) groups is 3. The van der Waals surface area contributed by atoms with Crippen molar-refractivity contribution in [3.05, 3.63) is 108 Å². The number of benzene rings is 3. The molecule has 3 aliphatic heterocycles. The van der Waals surface area contributed by atoms with E-state index in [1.165, 1.54) is 12.8 Å². The predicted molar refractivity (Wildman–Crippen MR) is 190 cm³/mol. The number of hydrogen-bond acceptors (Lipinski definition) is 6. The number of amides is 3. The Kier molecular flexibility index (Phi) is 9.99. The summed E-state index contributed by atoms with van der Waals surface area (Å²) in [5.74, 6) is -0.0796. The SMILES string of the molecule is O=C(NC(=O)[C@]1(C[C@H]2CCCN(CC3CC3)C2)C[C@@H](O)CN1C(=O)CC(c1ccccc1)(c1ccccc1)c1ccccc1)[C@H]1CCCN1. The average molecular weight is 663 g/mol. The zero-order valence-electron chi connectivity index (χ0n) is 28.4. The van der Waals surface area contributed by atoms with Gasteiger partial charge in [0.15, 0.2) is 0 Å². The summed E-state index contributed by atoms with van der Waals surface area (Å²) in [6.07, 6.45) is 5.82. The van der Waals surface area contributed by atoms with Gasteiger partial charge in [0, 0.05) is 32.5 Å².